The summed E-state index contributed by atoms with van der Waals surface area (Å²) in [6.45, 7) is 8.04. The van der Waals surface area contributed by atoms with Crippen molar-refractivity contribution in [1.82, 2.24) is 9.63 Å². The van der Waals surface area contributed by atoms with E-state index in [-0.39, 0.29) is 6.04 Å². The molecule has 3 heteroatoms. The molecule has 1 aromatic carbocycles. The highest BCUT2D eigenvalue weighted by Gasteiger charge is 2.41. The van der Waals surface area contributed by atoms with Gasteiger partial charge in [-0.2, -0.15) is 5.06 Å². The van der Waals surface area contributed by atoms with E-state index in [2.05, 4.69) is 42.5 Å². The molecule has 1 aromatic heterocycles. The summed E-state index contributed by atoms with van der Waals surface area (Å²) in [6.07, 6.45) is 0.804. The molecule has 0 fully saturated rings. The standard InChI is InChI=1S/C17H20N2O/c1-5-10-18-14-9-7-6-8-13(14)16-15(18)11-12(2)19(20)17(16,3)4/h6-9,12,20H,11H2,1-4H3. The van der Waals surface area contributed by atoms with Crippen LogP contribution in [0.25, 0.3) is 10.9 Å². The summed E-state index contributed by atoms with van der Waals surface area (Å²) in [5, 5.41) is 13.1. The first kappa shape index (κ1) is 13.2. The Bertz CT molecular complexity index is 731. The maximum absolute atomic E-state index is 10.4. The normalized spacial score (nSPS) is 21.4. The van der Waals surface area contributed by atoms with Gasteiger partial charge in [-0.3, -0.25) is 4.57 Å². The van der Waals surface area contributed by atoms with Crippen molar-refractivity contribution in [2.24, 2.45) is 0 Å². The van der Waals surface area contributed by atoms with E-state index >= 15 is 0 Å². The minimum absolute atomic E-state index is 0.0826. The second-order valence-corrected chi connectivity index (χ2v) is 5.99. The van der Waals surface area contributed by atoms with Gasteiger partial charge in [0.2, 0.25) is 0 Å². The fourth-order valence-corrected chi connectivity index (χ4v) is 3.44. The van der Waals surface area contributed by atoms with Gasteiger partial charge in [0.15, 0.2) is 0 Å². The Hall–Kier alpha value is -1.76. The van der Waals surface area contributed by atoms with Crippen molar-refractivity contribution in [2.45, 2.75) is 45.7 Å². The highest BCUT2D eigenvalue weighted by Crippen LogP contribution is 2.42. The Labute approximate surface area is 119 Å². The van der Waals surface area contributed by atoms with E-state index in [1.807, 2.05) is 26.0 Å². The zero-order valence-electron chi connectivity index (χ0n) is 12.4. The van der Waals surface area contributed by atoms with Crippen molar-refractivity contribution in [3.8, 4) is 12.0 Å². The maximum atomic E-state index is 10.4. The van der Waals surface area contributed by atoms with Crippen molar-refractivity contribution >= 4 is 10.9 Å². The zero-order chi connectivity index (χ0) is 14.5. The van der Waals surface area contributed by atoms with Crippen LogP contribution in [0.4, 0.5) is 0 Å². The summed E-state index contributed by atoms with van der Waals surface area (Å²) in [7, 11) is 0. The molecule has 0 aliphatic carbocycles. The first-order valence-corrected chi connectivity index (χ1v) is 7.02. The predicted octanol–water partition coefficient (Wildman–Crippen LogP) is 3.34. The van der Waals surface area contributed by atoms with Crippen LogP contribution in [0, 0.1) is 12.0 Å². The van der Waals surface area contributed by atoms with Crippen LogP contribution in [0.2, 0.25) is 0 Å². The van der Waals surface area contributed by atoms with Crippen molar-refractivity contribution in [3.63, 3.8) is 0 Å². The van der Waals surface area contributed by atoms with E-state index in [0.29, 0.717) is 0 Å². The van der Waals surface area contributed by atoms with Gasteiger partial charge in [-0.15, -0.1) is 0 Å². The number of para-hydroxylation sites is 1. The molecule has 104 valence electrons. The van der Waals surface area contributed by atoms with Crippen molar-refractivity contribution in [2.75, 3.05) is 0 Å². The van der Waals surface area contributed by atoms with Gasteiger partial charge in [0.05, 0.1) is 11.1 Å². The molecule has 3 nitrogen and oxygen atoms in total. The lowest BCUT2D eigenvalue weighted by atomic mass is 9.84. The van der Waals surface area contributed by atoms with Gasteiger partial charge in [0.1, 0.15) is 0 Å². The van der Waals surface area contributed by atoms with Crippen LogP contribution in [0.15, 0.2) is 24.3 Å². The summed E-state index contributed by atoms with van der Waals surface area (Å²) < 4.78 is 2.09. The minimum atomic E-state index is -0.409. The molecule has 3 rings (SSSR count). The lowest BCUT2D eigenvalue weighted by molar-refractivity contribution is -0.198. The molecular formula is C17H20N2O. The number of rotatable bonds is 0. The van der Waals surface area contributed by atoms with Crippen LogP contribution in [0.1, 0.15) is 39.0 Å². The molecule has 0 spiro atoms. The molecule has 0 saturated heterocycles. The molecule has 0 radical (unpaired) electrons. The SMILES string of the molecule is CC#Cn1c2c(c3ccccc31)C(C)(C)N(O)C(C)C2. The van der Waals surface area contributed by atoms with Gasteiger partial charge in [-0.25, -0.2) is 0 Å². The van der Waals surface area contributed by atoms with Crippen LogP contribution in [-0.2, 0) is 12.0 Å². The minimum Gasteiger partial charge on any atom is -0.313 e. The van der Waals surface area contributed by atoms with E-state index < -0.39 is 5.54 Å². The molecular weight excluding hydrogens is 248 g/mol. The number of hydrogen-bond acceptors (Lipinski definition) is 2. The highest BCUT2D eigenvalue weighted by molar-refractivity contribution is 5.87. The fourth-order valence-electron chi connectivity index (χ4n) is 3.44. The average Bonchev–Trinajstić information content (AvgIpc) is 2.72. The Kier molecular flexibility index (Phi) is 2.89. The lowest BCUT2D eigenvalue weighted by Crippen LogP contribution is -2.49. The lowest BCUT2D eigenvalue weighted by Gasteiger charge is -2.42. The molecule has 1 atom stereocenters. The molecule has 20 heavy (non-hydrogen) atoms. The van der Waals surface area contributed by atoms with Crippen LogP contribution in [0.3, 0.4) is 0 Å². The first-order valence-electron chi connectivity index (χ1n) is 7.02. The van der Waals surface area contributed by atoms with Crippen LogP contribution in [-0.4, -0.2) is 20.9 Å². The number of nitrogens with zero attached hydrogens (tertiary/aromatic N) is 2. The molecule has 1 N–H and O–H groups in total. The average molecular weight is 268 g/mol. The summed E-state index contributed by atoms with van der Waals surface area (Å²) in [6, 6.07) is 11.6. The van der Waals surface area contributed by atoms with E-state index in [9.17, 15) is 5.21 Å². The molecule has 1 aliphatic heterocycles. The van der Waals surface area contributed by atoms with Gasteiger partial charge in [-0.05, 0) is 33.8 Å². The molecule has 0 bridgehead atoms. The van der Waals surface area contributed by atoms with E-state index in [1.165, 1.54) is 21.7 Å². The van der Waals surface area contributed by atoms with Gasteiger partial charge >= 0.3 is 0 Å². The topological polar surface area (TPSA) is 28.4 Å². The second-order valence-electron chi connectivity index (χ2n) is 5.99. The van der Waals surface area contributed by atoms with Gasteiger partial charge < -0.3 is 5.21 Å². The van der Waals surface area contributed by atoms with Crippen LogP contribution < -0.4 is 0 Å². The van der Waals surface area contributed by atoms with E-state index in [4.69, 9.17) is 0 Å². The molecule has 1 unspecified atom stereocenters. The van der Waals surface area contributed by atoms with E-state index in [1.54, 1.807) is 0 Å². The first-order chi connectivity index (χ1) is 9.48. The molecule has 2 heterocycles. The highest BCUT2D eigenvalue weighted by atomic mass is 16.5. The van der Waals surface area contributed by atoms with Gasteiger partial charge in [-0.1, -0.05) is 24.1 Å². The number of hydrogen-bond donors (Lipinski definition) is 1. The van der Waals surface area contributed by atoms with E-state index in [0.717, 1.165) is 11.9 Å². The second kappa shape index (κ2) is 4.37. The molecule has 0 amide bonds. The Morgan fingerprint density at radius 3 is 2.70 bits per heavy atom. The number of aromatic nitrogens is 1. The van der Waals surface area contributed by atoms with Crippen LogP contribution in [0.5, 0.6) is 0 Å². The number of hydroxylamine groups is 2. The van der Waals surface area contributed by atoms with Crippen molar-refractivity contribution < 1.29 is 5.21 Å². The Balaban J connectivity index is 2.43. The summed E-state index contributed by atoms with van der Waals surface area (Å²) in [5.41, 5.74) is 3.13. The summed E-state index contributed by atoms with van der Waals surface area (Å²) in [4.78, 5) is 0. The maximum Gasteiger partial charge on any atom is 0.0679 e. The Morgan fingerprint density at radius 1 is 1.30 bits per heavy atom. The third-order valence-electron chi connectivity index (χ3n) is 4.29. The molecule has 2 aromatic rings. The smallest absolute Gasteiger partial charge is 0.0679 e. The third-order valence-corrected chi connectivity index (χ3v) is 4.29. The Morgan fingerprint density at radius 2 is 2.00 bits per heavy atom. The fraction of sp³-hybridized carbons (Fsp3) is 0.412. The quantitative estimate of drug-likeness (QED) is 0.742. The largest absolute Gasteiger partial charge is 0.313 e. The van der Waals surface area contributed by atoms with Gasteiger partial charge in [0.25, 0.3) is 0 Å². The monoisotopic (exact) mass is 268 g/mol. The molecule has 0 saturated carbocycles. The van der Waals surface area contributed by atoms with Crippen LogP contribution >= 0.6 is 0 Å². The number of fused-ring (bicyclic) bond motifs is 3. The molecule has 1 aliphatic rings. The van der Waals surface area contributed by atoms with Crippen molar-refractivity contribution in [3.05, 3.63) is 35.5 Å². The summed E-state index contributed by atoms with van der Waals surface area (Å²) in [5.74, 6) is 3.00. The third kappa shape index (κ3) is 1.62. The summed E-state index contributed by atoms with van der Waals surface area (Å²) >= 11 is 0. The zero-order valence-corrected chi connectivity index (χ0v) is 12.4. The van der Waals surface area contributed by atoms with Crippen molar-refractivity contribution in [1.29, 1.82) is 0 Å². The van der Waals surface area contributed by atoms with Gasteiger partial charge in [0, 0.05) is 35.2 Å². The predicted molar refractivity (Wildman–Crippen MR) is 80.6 cm³/mol. The number of benzene rings is 1.